The molecule has 4 heterocycles. The van der Waals surface area contributed by atoms with Crippen LogP contribution in [-0.4, -0.2) is 138 Å². The highest BCUT2D eigenvalue weighted by Gasteiger charge is 2.50. The van der Waals surface area contributed by atoms with Gasteiger partial charge in [0.1, 0.15) is 36.3 Å². The van der Waals surface area contributed by atoms with E-state index in [0.29, 0.717) is 30.5 Å². The molecule has 0 aromatic carbocycles. The SMILES string of the molecule is CC(C)(COP(=O)(O)OP(=O)(O)OCC1OC(n2cnc3c(N)ncnc32)C(O)C1OP(=O)(O)O)C(O)C(=O)NCCC(=O)NCCSC(=O)[C@@H](N)Cn1c2c(c(=O)[nH]c1=O)CCC2. The van der Waals surface area contributed by atoms with Crippen molar-refractivity contribution >= 4 is 69.1 Å². The molecule has 33 heteroatoms. The summed E-state index contributed by atoms with van der Waals surface area (Å²) in [5, 5.41) is 25.9. The van der Waals surface area contributed by atoms with Crippen LogP contribution in [0.3, 0.4) is 0 Å². The van der Waals surface area contributed by atoms with Gasteiger partial charge in [0.25, 0.3) is 5.56 Å². The minimum absolute atomic E-state index is 0.0161. The summed E-state index contributed by atoms with van der Waals surface area (Å²) in [6.07, 6.45) is -5.44. The van der Waals surface area contributed by atoms with Gasteiger partial charge in [-0.2, -0.15) is 4.31 Å². The molecule has 356 valence electrons. The predicted octanol–water partition coefficient (Wildman–Crippen LogP) is -2.97. The van der Waals surface area contributed by atoms with Gasteiger partial charge in [0.15, 0.2) is 17.7 Å². The summed E-state index contributed by atoms with van der Waals surface area (Å²) in [6, 6.07) is -1.06. The van der Waals surface area contributed by atoms with Gasteiger partial charge in [-0.05, 0) is 19.3 Å². The van der Waals surface area contributed by atoms with E-state index < -0.39 is 107 Å². The van der Waals surface area contributed by atoms with Crippen LogP contribution < -0.4 is 33.3 Å². The Kier molecular flexibility index (Phi) is 16.6. The number of aliphatic hydroxyl groups is 2. The number of aromatic amines is 1. The number of ether oxygens (including phenoxy) is 1. The fraction of sp³-hybridized carbons (Fsp3) is 0.613. The first-order valence-electron chi connectivity index (χ1n) is 18.9. The van der Waals surface area contributed by atoms with E-state index in [0.717, 1.165) is 29.0 Å². The Bertz CT molecular complexity index is 2480. The lowest BCUT2D eigenvalue weighted by molar-refractivity contribution is -0.137. The first-order valence-corrected chi connectivity index (χ1v) is 24.5. The van der Waals surface area contributed by atoms with Crippen LogP contribution in [0.4, 0.5) is 5.82 Å². The Balaban J connectivity index is 1.02. The highest BCUT2D eigenvalue weighted by atomic mass is 32.2. The number of nitrogens with two attached hydrogens (primary N) is 2. The summed E-state index contributed by atoms with van der Waals surface area (Å²) in [6.45, 7) is -0.00831. The van der Waals surface area contributed by atoms with Crippen molar-refractivity contribution in [2.24, 2.45) is 11.1 Å². The molecule has 5 rings (SSSR count). The normalized spacial score (nSPS) is 21.8. The molecule has 8 atom stereocenters. The van der Waals surface area contributed by atoms with E-state index in [1.165, 1.54) is 18.4 Å². The molecule has 3 aromatic heterocycles. The van der Waals surface area contributed by atoms with Crippen LogP contribution in [0.2, 0.25) is 0 Å². The van der Waals surface area contributed by atoms with Crippen molar-refractivity contribution in [1.82, 2.24) is 39.7 Å². The monoisotopic (exact) mass is 988 g/mol. The van der Waals surface area contributed by atoms with Crippen LogP contribution in [0.5, 0.6) is 0 Å². The van der Waals surface area contributed by atoms with Gasteiger partial charge in [0.05, 0.1) is 32.1 Å². The Morgan fingerprint density at radius 2 is 1.77 bits per heavy atom. The number of anilines is 1. The fourth-order valence-corrected chi connectivity index (χ4v) is 10.0. The van der Waals surface area contributed by atoms with Crippen molar-refractivity contribution < 1.29 is 80.5 Å². The van der Waals surface area contributed by atoms with E-state index >= 15 is 0 Å². The van der Waals surface area contributed by atoms with Crippen LogP contribution >= 0.6 is 35.2 Å². The molecule has 7 unspecified atom stereocenters. The second-order valence-corrected chi connectivity index (χ2v) is 20.3. The number of carbonyl (C=O) groups excluding carboxylic acids is 3. The third-order valence-electron chi connectivity index (χ3n) is 9.68. The van der Waals surface area contributed by atoms with E-state index in [9.17, 15) is 67.5 Å². The molecule has 1 saturated heterocycles. The van der Waals surface area contributed by atoms with Crippen LogP contribution in [0.1, 0.15) is 44.2 Å². The van der Waals surface area contributed by atoms with Crippen LogP contribution in [-0.2, 0) is 70.1 Å². The van der Waals surface area contributed by atoms with E-state index in [1.54, 1.807) is 0 Å². The summed E-state index contributed by atoms with van der Waals surface area (Å²) in [7, 11) is -16.5. The first-order chi connectivity index (χ1) is 29.8. The summed E-state index contributed by atoms with van der Waals surface area (Å²) in [5.74, 6) is -1.50. The zero-order chi connectivity index (χ0) is 47.4. The number of thioether (sulfide) groups is 1. The highest BCUT2D eigenvalue weighted by Crippen LogP contribution is 2.61. The number of nitrogens with zero attached hydrogens (tertiary/aromatic N) is 5. The van der Waals surface area contributed by atoms with Crippen LogP contribution in [0.15, 0.2) is 22.2 Å². The number of imidazole rings is 1. The van der Waals surface area contributed by atoms with Crippen LogP contribution in [0, 0.1) is 5.41 Å². The second-order valence-electron chi connectivity index (χ2n) is 15.0. The fourth-order valence-electron chi connectivity index (χ4n) is 6.49. The van der Waals surface area contributed by atoms with Crippen molar-refractivity contribution in [1.29, 1.82) is 0 Å². The number of hydrogen-bond acceptors (Lipinski definition) is 21. The number of nitrogen functional groups attached to an aromatic ring is 1. The Morgan fingerprint density at radius 3 is 2.47 bits per heavy atom. The molecular formula is C31H47N10O19P3S. The number of phosphoric ester groups is 3. The smallest absolute Gasteiger partial charge is 0.386 e. The standard InChI is InChI=1S/C31H47N10O19P3S/c1-31(2,23(44)27(46)35-7-6-19(42)34-8-9-64-29(47)16(32)10-40-17-5-3-4-15(17)26(45)39-30(40)48)12-57-63(54,55)60-62(52,53)56-11-18-22(59-61(49,50)51)21(43)28(58-18)41-14-38-20-24(33)36-13-37-25(20)41/h13-14,16,18,21-23,28,43-44H,3-12,32H2,1-2H3,(H,34,42)(H,35,46)(H,52,53)(H,54,55)(H2,33,36,37)(H,39,45,48)(H2,49,50,51)/t16-,18?,21?,22?,23?,28?/m0/s1. The molecular weight excluding hydrogens is 941 g/mol. The molecule has 1 aliphatic heterocycles. The van der Waals surface area contributed by atoms with Gasteiger partial charge in [-0.15, -0.1) is 0 Å². The zero-order valence-electron chi connectivity index (χ0n) is 33.8. The Labute approximate surface area is 365 Å². The van der Waals surface area contributed by atoms with Gasteiger partial charge in [0, 0.05) is 41.9 Å². The summed E-state index contributed by atoms with van der Waals surface area (Å²) < 4.78 is 63.6. The lowest BCUT2D eigenvalue weighted by Gasteiger charge is -2.30. The quantitative estimate of drug-likeness (QED) is 0.0354. The predicted molar refractivity (Wildman–Crippen MR) is 218 cm³/mol. The highest BCUT2D eigenvalue weighted by molar-refractivity contribution is 8.13. The molecule has 1 aliphatic carbocycles. The lowest BCUT2D eigenvalue weighted by atomic mass is 9.87. The molecule has 64 heavy (non-hydrogen) atoms. The molecule has 0 radical (unpaired) electrons. The molecule has 3 aromatic rings. The van der Waals surface area contributed by atoms with Crippen molar-refractivity contribution in [3.8, 4) is 0 Å². The summed E-state index contributed by atoms with van der Waals surface area (Å²) in [4.78, 5) is 115. The number of H-pyrrole nitrogens is 1. The number of hydrogen-bond donors (Lipinski definition) is 11. The molecule has 0 bridgehead atoms. The van der Waals surface area contributed by atoms with Crippen molar-refractivity contribution in [3.05, 3.63) is 44.8 Å². The molecule has 2 aliphatic rings. The van der Waals surface area contributed by atoms with Crippen molar-refractivity contribution in [3.63, 3.8) is 0 Å². The van der Waals surface area contributed by atoms with E-state index in [4.69, 9.17) is 25.3 Å². The van der Waals surface area contributed by atoms with Gasteiger partial charge in [0.2, 0.25) is 16.9 Å². The third kappa shape index (κ3) is 13.2. The minimum Gasteiger partial charge on any atom is -0.386 e. The minimum atomic E-state index is -5.61. The number of rotatable bonds is 22. The first kappa shape index (κ1) is 51.2. The third-order valence-corrected chi connectivity index (χ3v) is 13.8. The van der Waals surface area contributed by atoms with Gasteiger partial charge >= 0.3 is 29.2 Å². The lowest BCUT2D eigenvalue weighted by Crippen LogP contribution is -2.46. The van der Waals surface area contributed by atoms with Gasteiger partial charge < -0.3 is 56.6 Å². The summed E-state index contributed by atoms with van der Waals surface area (Å²) in [5.41, 5.74) is 10.2. The maximum Gasteiger partial charge on any atom is 0.481 e. The molecule has 29 nitrogen and oxygen atoms in total. The van der Waals surface area contributed by atoms with Gasteiger partial charge in [-0.3, -0.25) is 46.9 Å². The molecule has 1 fully saturated rings. The maximum atomic E-state index is 12.7. The molecule has 2 amide bonds. The van der Waals surface area contributed by atoms with Crippen LogP contribution in [0.25, 0.3) is 11.2 Å². The number of aliphatic hydroxyl groups excluding tert-OH is 2. The average Bonchev–Trinajstić information content (AvgIpc) is 3.94. The van der Waals surface area contributed by atoms with Gasteiger partial charge in [-0.1, -0.05) is 25.6 Å². The number of nitrogens with one attached hydrogen (secondary N) is 3. The average molecular weight is 989 g/mol. The summed E-state index contributed by atoms with van der Waals surface area (Å²) >= 11 is 0.828. The largest absolute Gasteiger partial charge is 0.481 e. The Morgan fingerprint density at radius 1 is 1.06 bits per heavy atom. The van der Waals surface area contributed by atoms with E-state index in [2.05, 4.69) is 39.4 Å². The number of amides is 2. The molecule has 0 saturated carbocycles. The van der Waals surface area contributed by atoms with Gasteiger partial charge in [-0.25, -0.2) is 33.4 Å². The zero-order valence-corrected chi connectivity index (χ0v) is 37.3. The molecule has 13 N–H and O–H groups in total. The molecule has 0 spiro atoms. The number of carbonyl (C=O) groups is 3. The number of phosphoric acid groups is 3. The Hall–Kier alpha value is -3.80. The van der Waals surface area contributed by atoms with Crippen molar-refractivity contribution in [2.75, 3.05) is 37.8 Å². The van der Waals surface area contributed by atoms with Crippen molar-refractivity contribution in [2.45, 2.75) is 82.8 Å². The topological polar surface area (TPSA) is 445 Å². The second kappa shape index (κ2) is 20.8. The number of fused-ring (bicyclic) bond motifs is 2. The number of aromatic nitrogens is 6. The maximum absolute atomic E-state index is 12.7. The van der Waals surface area contributed by atoms with E-state index in [1.807, 2.05) is 0 Å². The van der Waals surface area contributed by atoms with E-state index in [-0.39, 0.29) is 48.8 Å².